The largest absolute Gasteiger partial charge is 0.492 e. The number of hydrogen-bond acceptors (Lipinski definition) is 7. The molecule has 37 heavy (non-hydrogen) atoms. The molecule has 0 atom stereocenters. The summed E-state index contributed by atoms with van der Waals surface area (Å²) in [4.78, 5) is 17.4. The Balaban J connectivity index is 1.73. The van der Waals surface area contributed by atoms with Crippen molar-refractivity contribution in [1.29, 1.82) is 5.26 Å². The molecule has 1 aliphatic rings. The molecule has 0 saturated carbocycles. The van der Waals surface area contributed by atoms with Gasteiger partial charge in [0.25, 0.3) is 10.0 Å². The topological polar surface area (TPSA) is 95.6 Å². The maximum Gasteiger partial charge on any atom is 0.268 e. The van der Waals surface area contributed by atoms with Crippen LogP contribution in [-0.4, -0.2) is 68.3 Å². The number of Topliss-reactive ketones (excluding diaryl/α,β-unsaturated/α-hetero) is 1. The normalized spacial score (nSPS) is 15.5. The van der Waals surface area contributed by atoms with Crippen LogP contribution in [0.25, 0.3) is 10.9 Å². The summed E-state index contributed by atoms with van der Waals surface area (Å²) in [7, 11) is -0.767. The van der Waals surface area contributed by atoms with Gasteiger partial charge in [0.15, 0.2) is 0 Å². The van der Waals surface area contributed by atoms with Crippen LogP contribution in [0.4, 0.5) is 0 Å². The number of allylic oxidation sites excluding steroid dienone is 1. The number of aromatic nitrogens is 1. The van der Waals surface area contributed by atoms with Gasteiger partial charge in [-0.15, -0.1) is 0 Å². The number of piperidine rings is 1. The maximum absolute atomic E-state index is 13.8. The van der Waals surface area contributed by atoms with E-state index >= 15 is 0 Å². The molecular weight excluding hydrogens is 488 g/mol. The minimum atomic E-state index is -4.15. The minimum absolute atomic E-state index is 0.0438. The number of hydrogen-bond donors (Lipinski definition) is 0. The highest BCUT2D eigenvalue weighted by molar-refractivity contribution is 7.90. The number of benzene rings is 2. The first-order valence-electron chi connectivity index (χ1n) is 12.3. The standard InChI is InChI=1S/C28H32N4O4S/c1-21-11-13-31(14-12-21)15-16-36-24-10-9-22-17-27(28(33)23(19-29)20-30(2)3)32(26(22)18-24)37(34,35)25-7-5-4-6-8-25/h4-10,17-18,20-21H,11-16H2,1-3H3. The van der Waals surface area contributed by atoms with Crippen molar-refractivity contribution in [2.45, 2.75) is 24.7 Å². The summed E-state index contributed by atoms with van der Waals surface area (Å²) < 4.78 is 34.6. The molecule has 2 aromatic carbocycles. The Morgan fingerprint density at radius 3 is 2.49 bits per heavy atom. The van der Waals surface area contributed by atoms with Crippen LogP contribution < -0.4 is 4.74 Å². The number of fused-ring (bicyclic) bond motifs is 1. The first-order valence-corrected chi connectivity index (χ1v) is 13.8. The molecule has 1 saturated heterocycles. The van der Waals surface area contributed by atoms with Crippen LogP contribution in [-0.2, 0) is 10.0 Å². The number of carbonyl (C=O) groups is 1. The van der Waals surface area contributed by atoms with Gasteiger partial charge in [-0.1, -0.05) is 25.1 Å². The van der Waals surface area contributed by atoms with Gasteiger partial charge in [0.2, 0.25) is 5.78 Å². The lowest BCUT2D eigenvalue weighted by Gasteiger charge is -2.29. The smallest absolute Gasteiger partial charge is 0.268 e. The number of nitrogens with zero attached hydrogens (tertiary/aromatic N) is 4. The van der Waals surface area contributed by atoms with Crippen molar-refractivity contribution < 1.29 is 17.9 Å². The fraction of sp³-hybridized carbons (Fsp3) is 0.357. The monoisotopic (exact) mass is 520 g/mol. The second kappa shape index (κ2) is 11.2. The number of rotatable bonds is 9. The van der Waals surface area contributed by atoms with Crippen LogP contribution in [0.15, 0.2) is 71.3 Å². The lowest BCUT2D eigenvalue weighted by molar-refractivity contribution is 0.103. The molecule has 3 aromatic rings. The van der Waals surface area contributed by atoms with E-state index in [9.17, 15) is 18.5 Å². The predicted molar refractivity (Wildman–Crippen MR) is 143 cm³/mol. The highest BCUT2D eigenvalue weighted by atomic mass is 32.2. The molecule has 1 aromatic heterocycles. The van der Waals surface area contributed by atoms with E-state index in [0.29, 0.717) is 23.3 Å². The Morgan fingerprint density at radius 1 is 1.14 bits per heavy atom. The summed E-state index contributed by atoms with van der Waals surface area (Å²) in [6.07, 6.45) is 3.75. The third kappa shape index (κ3) is 5.87. The summed E-state index contributed by atoms with van der Waals surface area (Å²) in [5, 5.41) is 10.2. The Bertz CT molecular complexity index is 1440. The first-order chi connectivity index (χ1) is 17.7. The third-order valence-corrected chi connectivity index (χ3v) is 8.29. The SMILES string of the molecule is CC1CCN(CCOc2ccc3cc(C(=O)C(C#N)=CN(C)C)n(S(=O)(=O)c4ccccc4)c3c2)CC1. The van der Waals surface area contributed by atoms with E-state index in [1.165, 1.54) is 37.2 Å². The molecule has 0 aliphatic carbocycles. The van der Waals surface area contributed by atoms with Gasteiger partial charge in [-0.2, -0.15) is 5.26 Å². The average Bonchev–Trinajstić information content (AvgIpc) is 3.28. The summed E-state index contributed by atoms with van der Waals surface area (Å²) in [5.41, 5.74) is 0.0522. The zero-order chi connectivity index (χ0) is 26.6. The highest BCUT2D eigenvalue weighted by Crippen LogP contribution is 2.30. The van der Waals surface area contributed by atoms with Crippen molar-refractivity contribution in [2.24, 2.45) is 5.92 Å². The number of ketones is 1. The number of ether oxygens (including phenoxy) is 1. The van der Waals surface area contributed by atoms with Crippen LogP contribution in [0.5, 0.6) is 5.75 Å². The van der Waals surface area contributed by atoms with Crippen molar-refractivity contribution in [3.8, 4) is 11.8 Å². The Morgan fingerprint density at radius 2 is 1.84 bits per heavy atom. The molecule has 8 nitrogen and oxygen atoms in total. The fourth-order valence-electron chi connectivity index (χ4n) is 4.47. The molecular formula is C28H32N4O4S. The van der Waals surface area contributed by atoms with E-state index in [1.807, 2.05) is 6.07 Å². The Labute approximate surface area is 218 Å². The van der Waals surface area contributed by atoms with E-state index in [0.717, 1.165) is 29.5 Å². The summed E-state index contributed by atoms with van der Waals surface area (Å²) in [6, 6.07) is 16.5. The van der Waals surface area contributed by atoms with Crippen molar-refractivity contribution in [2.75, 3.05) is 40.3 Å². The fourth-order valence-corrected chi connectivity index (χ4v) is 6.00. The third-order valence-electron chi connectivity index (χ3n) is 6.55. The number of carbonyl (C=O) groups excluding carboxylic acids is 1. The van der Waals surface area contributed by atoms with Gasteiger partial charge in [0, 0.05) is 38.3 Å². The molecule has 0 N–H and O–H groups in total. The molecule has 0 amide bonds. The Hall–Kier alpha value is -3.61. The molecule has 1 aliphatic heterocycles. The molecule has 194 valence electrons. The quantitative estimate of drug-likeness (QED) is 0.238. The zero-order valence-corrected chi connectivity index (χ0v) is 22.2. The second-order valence-electron chi connectivity index (χ2n) is 9.65. The van der Waals surface area contributed by atoms with Crippen molar-refractivity contribution in [3.63, 3.8) is 0 Å². The summed E-state index contributed by atoms with van der Waals surface area (Å²) >= 11 is 0. The van der Waals surface area contributed by atoms with Crippen molar-refractivity contribution in [1.82, 2.24) is 13.8 Å². The van der Waals surface area contributed by atoms with Crippen LogP contribution >= 0.6 is 0 Å². The molecule has 9 heteroatoms. The average molecular weight is 521 g/mol. The van der Waals surface area contributed by atoms with Crippen LogP contribution in [0.3, 0.4) is 0 Å². The van der Waals surface area contributed by atoms with Gasteiger partial charge in [-0.25, -0.2) is 12.4 Å². The molecule has 1 fully saturated rings. The molecule has 4 rings (SSSR count). The van der Waals surface area contributed by atoms with Gasteiger partial charge >= 0.3 is 0 Å². The number of nitriles is 1. The van der Waals surface area contributed by atoms with Gasteiger partial charge < -0.3 is 9.64 Å². The van der Waals surface area contributed by atoms with Gasteiger partial charge in [0.05, 0.1) is 10.4 Å². The molecule has 0 spiro atoms. The molecule has 0 bridgehead atoms. The highest BCUT2D eigenvalue weighted by Gasteiger charge is 2.28. The first kappa shape index (κ1) is 26.5. The molecule has 0 radical (unpaired) electrons. The van der Waals surface area contributed by atoms with E-state index in [2.05, 4.69) is 11.8 Å². The van der Waals surface area contributed by atoms with E-state index in [4.69, 9.17) is 4.74 Å². The minimum Gasteiger partial charge on any atom is -0.492 e. The van der Waals surface area contributed by atoms with E-state index in [1.54, 1.807) is 55.4 Å². The number of likely N-dealkylation sites (tertiary alicyclic amines) is 1. The summed E-state index contributed by atoms with van der Waals surface area (Å²) in [5.74, 6) is 0.600. The summed E-state index contributed by atoms with van der Waals surface area (Å²) in [6.45, 7) is 5.64. The van der Waals surface area contributed by atoms with E-state index < -0.39 is 15.8 Å². The molecule has 0 unspecified atom stereocenters. The van der Waals surface area contributed by atoms with Crippen LogP contribution in [0.1, 0.15) is 30.3 Å². The zero-order valence-electron chi connectivity index (χ0n) is 21.4. The maximum atomic E-state index is 13.8. The molecule has 2 heterocycles. The van der Waals surface area contributed by atoms with Crippen LogP contribution in [0.2, 0.25) is 0 Å². The van der Waals surface area contributed by atoms with E-state index in [-0.39, 0.29) is 16.2 Å². The predicted octanol–water partition coefficient (Wildman–Crippen LogP) is 4.14. The lowest BCUT2D eigenvalue weighted by Crippen LogP contribution is -2.35. The lowest BCUT2D eigenvalue weighted by atomic mass is 9.99. The Kier molecular flexibility index (Phi) is 8.00. The van der Waals surface area contributed by atoms with Gasteiger partial charge in [-0.3, -0.25) is 9.69 Å². The van der Waals surface area contributed by atoms with Gasteiger partial charge in [0.1, 0.15) is 29.7 Å². The van der Waals surface area contributed by atoms with Crippen LogP contribution in [0, 0.1) is 17.2 Å². The second-order valence-corrected chi connectivity index (χ2v) is 11.4. The van der Waals surface area contributed by atoms with Gasteiger partial charge in [-0.05, 0) is 62.2 Å². The van der Waals surface area contributed by atoms with Crippen molar-refractivity contribution >= 4 is 26.7 Å². The van der Waals surface area contributed by atoms with Crippen molar-refractivity contribution in [3.05, 3.63) is 72.1 Å².